The van der Waals surface area contributed by atoms with Gasteiger partial charge in [0.05, 0.1) is 16.9 Å². The lowest BCUT2D eigenvalue weighted by Crippen LogP contribution is -2.01. The molecular weight excluding hydrogens is 295 g/mol. The summed E-state index contributed by atoms with van der Waals surface area (Å²) in [5.41, 5.74) is 1.05. The van der Waals surface area contributed by atoms with Crippen LogP contribution in [0.5, 0.6) is 11.5 Å². The predicted molar refractivity (Wildman–Crippen MR) is 77.3 cm³/mol. The summed E-state index contributed by atoms with van der Waals surface area (Å²) >= 11 is 5.87. The summed E-state index contributed by atoms with van der Waals surface area (Å²) in [6.45, 7) is 0. The van der Waals surface area contributed by atoms with Gasteiger partial charge in [-0.05, 0) is 24.3 Å². The normalized spacial score (nSPS) is 10.8. The van der Waals surface area contributed by atoms with Gasteiger partial charge in [0.2, 0.25) is 0 Å². The smallest absolute Gasteiger partial charge is 0.148 e. The van der Waals surface area contributed by atoms with Gasteiger partial charge in [-0.25, -0.2) is 9.07 Å². The molecule has 106 valence electrons. The minimum atomic E-state index is -0.438. The first-order valence-corrected chi connectivity index (χ1v) is 6.46. The summed E-state index contributed by atoms with van der Waals surface area (Å²) in [6, 6.07) is 10.3. The molecule has 2 aromatic carbocycles. The first-order valence-electron chi connectivity index (χ1n) is 6.08. The zero-order valence-corrected chi connectivity index (χ0v) is 11.4. The van der Waals surface area contributed by atoms with Crippen LogP contribution in [0.1, 0.15) is 0 Å². The fraction of sp³-hybridized carbons (Fsp3) is 0. The van der Waals surface area contributed by atoms with Gasteiger partial charge in [-0.3, -0.25) is 0 Å². The van der Waals surface area contributed by atoms with Crippen molar-refractivity contribution in [1.29, 1.82) is 0 Å². The summed E-state index contributed by atoms with van der Waals surface area (Å²) in [5.74, 6) is -0.836. The number of para-hydroxylation sites is 1. The van der Waals surface area contributed by atoms with Crippen molar-refractivity contribution in [2.75, 3.05) is 0 Å². The molecule has 0 fully saturated rings. The third-order valence-electron chi connectivity index (χ3n) is 3.06. The zero-order valence-electron chi connectivity index (χ0n) is 10.7. The number of phenols is 2. The lowest BCUT2D eigenvalue weighted by Gasteiger charge is -2.11. The molecule has 4 nitrogen and oxygen atoms in total. The van der Waals surface area contributed by atoms with E-state index in [1.807, 2.05) is 0 Å². The van der Waals surface area contributed by atoms with E-state index in [4.69, 9.17) is 11.6 Å². The zero-order chi connectivity index (χ0) is 15.0. The largest absolute Gasteiger partial charge is 0.507 e. The number of hydrogen-bond acceptors (Lipinski definition) is 3. The second-order valence-corrected chi connectivity index (χ2v) is 4.81. The summed E-state index contributed by atoms with van der Waals surface area (Å²) in [5, 5.41) is 23.6. The molecular formula is C15H10ClFN2O2. The van der Waals surface area contributed by atoms with Gasteiger partial charge >= 0.3 is 0 Å². The molecule has 0 aliphatic heterocycles. The van der Waals surface area contributed by atoms with E-state index in [1.165, 1.54) is 23.0 Å². The second-order valence-electron chi connectivity index (χ2n) is 4.40. The number of aromatic nitrogens is 2. The minimum absolute atomic E-state index is 0.0871. The van der Waals surface area contributed by atoms with Crippen molar-refractivity contribution < 1.29 is 14.6 Å². The van der Waals surface area contributed by atoms with Crippen molar-refractivity contribution in [2.45, 2.75) is 0 Å². The van der Waals surface area contributed by atoms with Crippen LogP contribution in [0.3, 0.4) is 0 Å². The topological polar surface area (TPSA) is 58.3 Å². The lowest BCUT2D eigenvalue weighted by atomic mass is 10.1. The number of nitrogens with zero attached hydrogens (tertiary/aromatic N) is 2. The SMILES string of the molecule is Oc1cc(O)c(-c2ccnn2-c2ccccc2F)cc1Cl. The van der Waals surface area contributed by atoms with Crippen LogP contribution in [0.25, 0.3) is 16.9 Å². The highest BCUT2D eigenvalue weighted by Crippen LogP contribution is 2.37. The van der Waals surface area contributed by atoms with Gasteiger partial charge in [0.1, 0.15) is 23.0 Å². The van der Waals surface area contributed by atoms with E-state index in [0.29, 0.717) is 11.3 Å². The molecule has 0 spiro atoms. The molecule has 0 aliphatic carbocycles. The molecule has 3 aromatic rings. The van der Waals surface area contributed by atoms with Gasteiger partial charge in [-0.15, -0.1) is 0 Å². The summed E-state index contributed by atoms with van der Waals surface area (Å²) in [4.78, 5) is 0. The van der Waals surface area contributed by atoms with E-state index in [9.17, 15) is 14.6 Å². The van der Waals surface area contributed by atoms with Crippen LogP contribution in [0.4, 0.5) is 4.39 Å². The maximum absolute atomic E-state index is 13.9. The molecule has 0 atom stereocenters. The molecule has 0 radical (unpaired) electrons. The number of halogens is 2. The Hall–Kier alpha value is -2.53. The number of hydrogen-bond donors (Lipinski definition) is 2. The van der Waals surface area contributed by atoms with E-state index < -0.39 is 5.82 Å². The van der Waals surface area contributed by atoms with E-state index in [1.54, 1.807) is 24.3 Å². The molecule has 2 N–H and O–H groups in total. The minimum Gasteiger partial charge on any atom is -0.507 e. The standard InChI is InChI=1S/C15H10ClFN2O2/c16-10-7-9(14(20)8-15(10)21)12-5-6-18-19(12)13-4-2-1-3-11(13)17/h1-8,20-21H. The Bertz CT molecular complexity index is 817. The predicted octanol–water partition coefficient (Wildman–Crippen LogP) is 3.74. The van der Waals surface area contributed by atoms with Crippen LogP contribution in [0, 0.1) is 5.82 Å². The van der Waals surface area contributed by atoms with Crippen LogP contribution in [-0.2, 0) is 0 Å². The van der Waals surface area contributed by atoms with Crippen LogP contribution >= 0.6 is 11.6 Å². The Labute approximate surface area is 124 Å². The third kappa shape index (κ3) is 2.32. The Morgan fingerprint density at radius 1 is 1.05 bits per heavy atom. The van der Waals surface area contributed by atoms with Crippen molar-refractivity contribution in [1.82, 2.24) is 9.78 Å². The van der Waals surface area contributed by atoms with Crippen LogP contribution < -0.4 is 0 Å². The highest BCUT2D eigenvalue weighted by molar-refractivity contribution is 6.32. The maximum Gasteiger partial charge on any atom is 0.148 e. The first-order chi connectivity index (χ1) is 10.1. The number of phenolic OH excluding ortho intramolecular Hbond substituents is 2. The average molecular weight is 305 g/mol. The van der Waals surface area contributed by atoms with Crippen molar-refractivity contribution in [3.05, 3.63) is 59.5 Å². The Morgan fingerprint density at radius 3 is 2.57 bits per heavy atom. The molecule has 3 rings (SSSR count). The number of benzene rings is 2. The van der Waals surface area contributed by atoms with Gasteiger partial charge in [0.15, 0.2) is 0 Å². The summed E-state index contributed by atoms with van der Waals surface area (Å²) in [7, 11) is 0. The fourth-order valence-corrected chi connectivity index (χ4v) is 2.24. The highest BCUT2D eigenvalue weighted by Gasteiger charge is 2.15. The molecule has 1 heterocycles. The van der Waals surface area contributed by atoms with Crippen LogP contribution in [0.2, 0.25) is 5.02 Å². The molecule has 0 saturated carbocycles. The quantitative estimate of drug-likeness (QED) is 0.758. The summed E-state index contributed by atoms with van der Waals surface area (Å²) in [6.07, 6.45) is 1.49. The molecule has 6 heteroatoms. The highest BCUT2D eigenvalue weighted by atomic mass is 35.5. The number of aromatic hydroxyl groups is 2. The Balaban J connectivity index is 2.21. The molecule has 0 aliphatic rings. The molecule has 0 unspecified atom stereocenters. The molecule has 1 aromatic heterocycles. The Morgan fingerprint density at radius 2 is 1.81 bits per heavy atom. The van der Waals surface area contributed by atoms with Crippen LogP contribution in [-0.4, -0.2) is 20.0 Å². The monoisotopic (exact) mass is 304 g/mol. The van der Waals surface area contributed by atoms with E-state index >= 15 is 0 Å². The molecule has 21 heavy (non-hydrogen) atoms. The van der Waals surface area contributed by atoms with Gasteiger partial charge in [-0.1, -0.05) is 23.7 Å². The Kier molecular flexibility index (Phi) is 3.27. The van der Waals surface area contributed by atoms with Gasteiger partial charge < -0.3 is 10.2 Å². The molecule has 0 saturated heterocycles. The fourth-order valence-electron chi connectivity index (χ4n) is 2.08. The van der Waals surface area contributed by atoms with Gasteiger partial charge in [0, 0.05) is 11.6 Å². The number of rotatable bonds is 2. The first kappa shape index (κ1) is 13.5. The summed E-state index contributed by atoms with van der Waals surface area (Å²) < 4.78 is 15.3. The molecule has 0 bridgehead atoms. The van der Waals surface area contributed by atoms with Crippen molar-refractivity contribution in [3.8, 4) is 28.4 Å². The van der Waals surface area contributed by atoms with Gasteiger partial charge in [-0.2, -0.15) is 5.10 Å². The van der Waals surface area contributed by atoms with Crippen molar-refractivity contribution in [3.63, 3.8) is 0 Å². The van der Waals surface area contributed by atoms with E-state index in [2.05, 4.69) is 5.10 Å². The van der Waals surface area contributed by atoms with Gasteiger partial charge in [0.25, 0.3) is 0 Å². The second kappa shape index (κ2) is 5.10. The van der Waals surface area contributed by atoms with Crippen molar-refractivity contribution in [2.24, 2.45) is 0 Å². The van der Waals surface area contributed by atoms with E-state index in [-0.39, 0.29) is 22.2 Å². The maximum atomic E-state index is 13.9. The third-order valence-corrected chi connectivity index (χ3v) is 3.37. The lowest BCUT2D eigenvalue weighted by molar-refractivity contribution is 0.451. The van der Waals surface area contributed by atoms with E-state index in [0.717, 1.165) is 6.07 Å². The van der Waals surface area contributed by atoms with Crippen molar-refractivity contribution >= 4 is 11.6 Å². The molecule has 0 amide bonds. The average Bonchev–Trinajstić information content (AvgIpc) is 2.92. The van der Waals surface area contributed by atoms with Crippen LogP contribution in [0.15, 0.2) is 48.7 Å².